The summed E-state index contributed by atoms with van der Waals surface area (Å²) >= 11 is 0. The minimum atomic E-state index is 1.07. The van der Waals surface area contributed by atoms with Crippen LogP contribution in [-0.4, -0.2) is 36.4 Å². The summed E-state index contributed by atoms with van der Waals surface area (Å²) in [5.74, 6) is 0. The molecule has 1 aliphatic rings. The van der Waals surface area contributed by atoms with Crippen LogP contribution in [0.25, 0.3) is 0 Å². The summed E-state index contributed by atoms with van der Waals surface area (Å²) in [4.78, 5) is 2.32. The van der Waals surface area contributed by atoms with Gasteiger partial charge in [0.15, 0.2) is 0 Å². The van der Waals surface area contributed by atoms with Crippen molar-refractivity contribution in [2.75, 3.05) is 31.1 Å². The van der Waals surface area contributed by atoms with Crippen molar-refractivity contribution in [3.05, 3.63) is 12.4 Å². The zero-order valence-electron chi connectivity index (χ0n) is 6.38. The molecule has 60 valence electrons. The minimum absolute atomic E-state index is 1.07. The number of hydrogen-bond acceptors (Lipinski definition) is 3. The first-order valence-corrected chi connectivity index (χ1v) is 3.91. The van der Waals surface area contributed by atoms with Gasteiger partial charge in [0.25, 0.3) is 0 Å². The first-order valence-electron chi connectivity index (χ1n) is 3.91. The summed E-state index contributed by atoms with van der Waals surface area (Å²) in [6, 6.07) is 0. The lowest BCUT2D eigenvalue weighted by Gasteiger charge is -2.27. The third-order valence-electron chi connectivity index (χ3n) is 1.97. The number of piperazine rings is 1. The van der Waals surface area contributed by atoms with Gasteiger partial charge in [-0.15, -0.1) is 0 Å². The highest BCUT2D eigenvalue weighted by Gasteiger charge is 2.09. The predicted octanol–water partition coefficient (Wildman–Crippen LogP) is -0.181. The molecule has 0 aliphatic carbocycles. The quantitative estimate of drug-likeness (QED) is 0.586. The highest BCUT2D eigenvalue weighted by Crippen LogP contribution is 2.10. The third kappa shape index (κ3) is 1.35. The van der Waals surface area contributed by atoms with Gasteiger partial charge in [-0.1, -0.05) is 0 Å². The average Bonchev–Trinajstić information content (AvgIpc) is 2.58. The van der Waals surface area contributed by atoms with Gasteiger partial charge >= 0.3 is 0 Å². The Bertz CT molecular complexity index is 200. The van der Waals surface area contributed by atoms with Crippen molar-refractivity contribution < 1.29 is 0 Å². The van der Waals surface area contributed by atoms with Crippen molar-refractivity contribution in [1.29, 1.82) is 0 Å². The van der Waals surface area contributed by atoms with E-state index in [0.717, 1.165) is 26.2 Å². The van der Waals surface area contributed by atoms with Crippen LogP contribution in [0.3, 0.4) is 0 Å². The molecule has 2 N–H and O–H groups in total. The third-order valence-corrected chi connectivity index (χ3v) is 1.97. The van der Waals surface area contributed by atoms with E-state index in [4.69, 9.17) is 0 Å². The molecule has 0 saturated carbocycles. The lowest BCUT2D eigenvalue weighted by molar-refractivity contribution is 0.589. The maximum absolute atomic E-state index is 3.91. The van der Waals surface area contributed by atoms with Gasteiger partial charge in [-0.25, -0.2) is 0 Å². The fourth-order valence-electron chi connectivity index (χ4n) is 1.34. The van der Waals surface area contributed by atoms with Crippen molar-refractivity contribution >= 4 is 5.69 Å². The number of H-pyrrole nitrogens is 1. The van der Waals surface area contributed by atoms with Gasteiger partial charge in [-0.2, -0.15) is 5.10 Å². The molecule has 0 spiro atoms. The van der Waals surface area contributed by atoms with Crippen LogP contribution in [0.15, 0.2) is 12.4 Å². The fourth-order valence-corrected chi connectivity index (χ4v) is 1.34. The molecule has 4 nitrogen and oxygen atoms in total. The second kappa shape index (κ2) is 2.92. The molecule has 0 aromatic carbocycles. The average molecular weight is 152 g/mol. The number of aromatic nitrogens is 2. The predicted molar refractivity (Wildman–Crippen MR) is 43.7 cm³/mol. The van der Waals surface area contributed by atoms with Crippen molar-refractivity contribution in [3.63, 3.8) is 0 Å². The zero-order valence-corrected chi connectivity index (χ0v) is 6.38. The molecule has 0 radical (unpaired) electrons. The number of aromatic amines is 1. The number of anilines is 1. The standard InChI is InChI=1S/C7H12N4/c1-3-11(4-2-8-1)7-5-9-10-6-7/h5-6,8H,1-4H2,(H,9,10). The van der Waals surface area contributed by atoms with Gasteiger partial charge in [-0.05, 0) is 0 Å². The van der Waals surface area contributed by atoms with E-state index >= 15 is 0 Å². The van der Waals surface area contributed by atoms with Gasteiger partial charge in [0, 0.05) is 32.4 Å². The van der Waals surface area contributed by atoms with Gasteiger partial charge < -0.3 is 10.2 Å². The van der Waals surface area contributed by atoms with Crippen LogP contribution < -0.4 is 10.2 Å². The topological polar surface area (TPSA) is 44.0 Å². The normalized spacial score (nSPS) is 18.7. The van der Waals surface area contributed by atoms with Crippen molar-refractivity contribution in [2.45, 2.75) is 0 Å². The molecule has 0 amide bonds. The molecule has 1 saturated heterocycles. The minimum Gasteiger partial charge on any atom is -0.366 e. The van der Waals surface area contributed by atoms with Crippen molar-refractivity contribution in [3.8, 4) is 0 Å². The van der Waals surface area contributed by atoms with Crippen LogP contribution in [0, 0.1) is 0 Å². The maximum atomic E-state index is 3.91. The molecular formula is C7H12N4. The lowest BCUT2D eigenvalue weighted by Crippen LogP contribution is -2.43. The fraction of sp³-hybridized carbons (Fsp3) is 0.571. The second-order valence-electron chi connectivity index (χ2n) is 2.69. The largest absolute Gasteiger partial charge is 0.366 e. The highest BCUT2D eigenvalue weighted by molar-refractivity contribution is 5.42. The number of nitrogens with one attached hydrogen (secondary N) is 2. The summed E-state index contributed by atoms with van der Waals surface area (Å²) in [6.07, 6.45) is 3.80. The van der Waals surface area contributed by atoms with Gasteiger partial charge in [0.2, 0.25) is 0 Å². The van der Waals surface area contributed by atoms with E-state index in [9.17, 15) is 0 Å². The lowest BCUT2D eigenvalue weighted by atomic mass is 10.3. The first kappa shape index (κ1) is 6.67. The molecule has 1 fully saturated rings. The summed E-state index contributed by atoms with van der Waals surface area (Å²) in [5, 5.41) is 10.0. The molecule has 2 heterocycles. The Labute approximate surface area is 65.6 Å². The molecule has 1 aromatic heterocycles. The van der Waals surface area contributed by atoms with Gasteiger partial charge in [-0.3, -0.25) is 5.10 Å². The molecular weight excluding hydrogens is 140 g/mol. The van der Waals surface area contributed by atoms with E-state index in [1.165, 1.54) is 5.69 Å². The molecule has 0 unspecified atom stereocenters. The molecule has 0 bridgehead atoms. The van der Waals surface area contributed by atoms with E-state index in [1.807, 2.05) is 12.4 Å². The van der Waals surface area contributed by atoms with Crippen LogP contribution in [0.2, 0.25) is 0 Å². The second-order valence-corrected chi connectivity index (χ2v) is 2.69. The molecule has 11 heavy (non-hydrogen) atoms. The summed E-state index contributed by atoms with van der Waals surface area (Å²) in [5.41, 5.74) is 1.20. The van der Waals surface area contributed by atoms with Crippen LogP contribution in [0.1, 0.15) is 0 Å². The highest BCUT2D eigenvalue weighted by atomic mass is 15.2. The van der Waals surface area contributed by atoms with Crippen LogP contribution in [0.4, 0.5) is 5.69 Å². The van der Waals surface area contributed by atoms with E-state index < -0.39 is 0 Å². The Balaban J connectivity index is 2.04. The molecule has 0 atom stereocenters. The summed E-state index contributed by atoms with van der Waals surface area (Å²) in [7, 11) is 0. The Morgan fingerprint density at radius 2 is 2.18 bits per heavy atom. The Hall–Kier alpha value is -1.03. The first-order chi connectivity index (χ1) is 5.47. The molecule has 1 aliphatic heterocycles. The van der Waals surface area contributed by atoms with E-state index in [-0.39, 0.29) is 0 Å². The molecule has 1 aromatic rings. The SMILES string of the molecule is c1n[nH]cc1N1CCNCC1. The van der Waals surface area contributed by atoms with E-state index in [0.29, 0.717) is 0 Å². The monoisotopic (exact) mass is 152 g/mol. The van der Waals surface area contributed by atoms with Gasteiger partial charge in [0.1, 0.15) is 0 Å². The van der Waals surface area contributed by atoms with Gasteiger partial charge in [0.05, 0.1) is 11.9 Å². The van der Waals surface area contributed by atoms with E-state index in [1.54, 1.807) is 0 Å². The summed E-state index contributed by atoms with van der Waals surface area (Å²) < 4.78 is 0. The van der Waals surface area contributed by atoms with Crippen LogP contribution >= 0.6 is 0 Å². The Morgan fingerprint density at radius 1 is 1.36 bits per heavy atom. The maximum Gasteiger partial charge on any atom is 0.0750 e. The Kier molecular flexibility index (Phi) is 1.77. The van der Waals surface area contributed by atoms with Crippen molar-refractivity contribution in [1.82, 2.24) is 15.5 Å². The van der Waals surface area contributed by atoms with Crippen LogP contribution in [0.5, 0.6) is 0 Å². The van der Waals surface area contributed by atoms with Crippen LogP contribution in [-0.2, 0) is 0 Å². The summed E-state index contributed by atoms with van der Waals surface area (Å²) in [6.45, 7) is 4.31. The number of hydrogen-bond donors (Lipinski definition) is 2. The Morgan fingerprint density at radius 3 is 2.82 bits per heavy atom. The smallest absolute Gasteiger partial charge is 0.0750 e. The van der Waals surface area contributed by atoms with E-state index in [2.05, 4.69) is 20.4 Å². The van der Waals surface area contributed by atoms with Crippen molar-refractivity contribution in [2.24, 2.45) is 0 Å². The molecule has 2 rings (SSSR count). The molecule has 4 heteroatoms. The number of nitrogens with zero attached hydrogens (tertiary/aromatic N) is 2. The zero-order chi connectivity index (χ0) is 7.52. The number of rotatable bonds is 1.